The number of phenols is 1. The molecule has 7 rings (SSSR count). The number of rotatable bonds is 14. The summed E-state index contributed by atoms with van der Waals surface area (Å²) in [7, 11) is 0. The lowest BCUT2D eigenvalue weighted by Crippen LogP contribution is -2.54. The van der Waals surface area contributed by atoms with Gasteiger partial charge in [0.05, 0.1) is 18.2 Å². The molecular weight excluding hydrogens is 761 g/mol. The predicted molar refractivity (Wildman–Crippen MR) is 241 cm³/mol. The Balaban J connectivity index is 0.000000208. The average molecular weight is 831 g/mol. The normalized spacial score (nSPS) is 27.1. The number of hydrogen-bond acceptors (Lipinski definition) is 9. The van der Waals surface area contributed by atoms with E-state index in [0.29, 0.717) is 35.5 Å². The highest BCUT2D eigenvalue weighted by Crippen LogP contribution is 2.40. The van der Waals surface area contributed by atoms with Crippen molar-refractivity contribution in [3.63, 3.8) is 0 Å². The smallest absolute Gasteiger partial charge is 0.252 e. The highest BCUT2D eigenvalue weighted by molar-refractivity contribution is 7.99. The molecule has 58 heavy (non-hydrogen) atoms. The fourth-order valence-corrected chi connectivity index (χ4v) is 11.9. The van der Waals surface area contributed by atoms with Crippen molar-refractivity contribution < 1.29 is 20.1 Å². The quantitative estimate of drug-likeness (QED) is 0.102. The van der Waals surface area contributed by atoms with Crippen LogP contribution in [0.3, 0.4) is 0 Å². The van der Waals surface area contributed by atoms with Crippen molar-refractivity contribution >= 4 is 29.4 Å². The van der Waals surface area contributed by atoms with Crippen molar-refractivity contribution in [2.24, 2.45) is 29.4 Å². The van der Waals surface area contributed by atoms with Crippen LogP contribution in [0.1, 0.15) is 94.0 Å². The Hall–Kier alpha value is -2.57. The number of benzene rings is 3. The van der Waals surface area contributed by atoms with E-state index in [2.05, 4.69) is 41.1 Å². The van der Waals surface area contributed by atoms with Crippen molar-refractivity contribution in [1.82, 2.24) is 15.1 Å². The lowest BCUT2D eigenvalue weighted by molar-refractivity contribution is 0.00588. The van der Waals surface area contributed by atoms with E-state index in [1.54, 1.807) is 48.6 Å². The molecule has 6 unspecified atom stereocenters. The Labute approximate surface area is 357 Å². The van der Waals surface area contributed by atoms with E-state index in [9.17, 15) is 20.1 Å². The maximum atomic E-state index is 13.1. The Morgan fingerprint density at radius 2 is 1.19 bits per heavy atom. The minimum atomic E-state index is -0.680. The van der Waals surface area contributed by atoms with Crippen molar-refractivity contribution in [2.45, 2.75) is 131 Å². The minimum absolute atomic E-state index is 0.104. The van der Waals surface area contributed by atoms with E-state index < -0.39 is 18.2 Å². The number of nitrogens with zero attached hydrogens (tertiary/aromatic N) is 2. The Bertz CT molecular complexity index is 1690. The van der Waals surface area contributed by atoms with Crippen LogP contribution in [0.5, 0.6) is 5.75 Å². The molecule has 10 heteroatoms. The first-order chi connectivity index (χ1) is 28.0. The highest BCUT2D eigenvalue weighted by Gasteiger charge is 2.38. The number of aliphatic hydroxyl groups excluding tert-OH is 2. The van der Waals surface area contributed by atoms with Crippen LogP contribution in [-0.4, -0.2) is 105 Å². The van der Waals surface area contributed by atoms with E-state index in [0.717, 1.165) is 54.0 Å². The molecule has 3 aromatic carbocycles. The first-order valence-corrected chi connectivity index (χ1v) is 24.1. The van der Waals surface area contributed by atoms with Gasteiger partial charge in [-0.25, -0.2) is 0 Å². The van der Waals surface area contributed by atoms with Gasteiger partial charge in [-0.2, -0.15) is 0 Å². The van der Waals surface area contributed by atoms with Gasteiger partial charge in [0.15, 0.2) is 0 Å². The SMILES string of the molecule is C[C@@H]1CC2CCCCC2CN1CC(O)[C@@H](N)CSc1ccccc1.Cc1c(O)cccc1C(=O)N[C@@H](CSc1ccccc1)C(O)CN1CC2CCCCC2C[C@H]1C. The van der Waals surface area contributed by atoms with Crippen LogP contribution >= 0.6 is 23.5 Å². The molecule has 0 spiro atoms. The number of hydrogen-bond donors (Lipinski definition) is 5. The summed E-state index contributed by atoms with van der Waals surface area (Å²) < 4.78 is 0. The molecule has 2 heterocycles. The standard InChI is InChI=1S/C28H38N2O3S.C20H32N2OS/c1-19-15-21-9-6-7-10-22(21)16-30(19)17-27(32)25(18-34-23-11-4-3-5-12-23)29-28(33)24-13-8-14-26(31)20(24)2;1-15-11-16-7-5-6-8-17(16)12-22(15)13-20(23)19(21)14-24-18-9-3-2-4-10-18/h3-5,8,11-14,19,21-22,25,27,31-32H,6-7,9-10,15-18H2,1-2H3,(H,29,33);2-4,9-10,15-17,19-20,23H,5-8,11-14,21H2,1H3/t19-,21?,22?,25+,27?;15-,16?,17?,19+,20?/m11/s1. The topological polar surface area (TPSA) is 122 Å². The molecule has 4 aliphatic rings. The van der Waals surface area contributed by atoms with Gasteiger partial charge in [0, 0.05) is 76.7 Å². The number of β-amino-alcohol motifs (C(OH)–C–C–N with tert-alkyl or cyclic N) is 2. The molecule has 2 saturated heterocycles. The summed E-state index contributed by atoms with van der Waals surface area (Å²) in [5.74, 6) is 4.51. The second-order valence-corrected chi connectivity index (χ2v) is 19.9. The van der Waals surface area contributed by atoms with Crippen LogP contribution in [0.4, 0.5) is 0 Å². The number of thioether (sulfide) groups is 2. The Kier molecular flexibility index (Phi) is 17.3. The third-order valence-corrected chi connectivity index (χ3v) is 15.9. The maximum absolute atomic E-state index is 13.1. The van der Waals surface area contributed by atoms with Gasteiger partial charge in [0.1, 0.15) is 5.75 Å². The lowest BCUT2D eigenvalue weighted by atomic mass is 9.73. The molecule has 2 saturated carbocycles. The third-order valence-electron chi connectivity index (χ3n) is 13.6. The monoisotopic (exact) mass is 830 g/mol. The zero-order chi connectivity index (χ0) is 41.0. The van der Waals surface area contributed by atoms with E-state index in [1.807, 2.05) is 48.5 Å². The number of nitrogens with one attached hydrogen (secondary N) is 1. The summed E-state index contributed by atoms with van der Waals surface area (Å²) in [5, 5.41) is 35.1. The molecule has 318 valence electrons. The molecular formula is C48H70N4O4S2. The molecule has 6 N–H and O–H groups in total. The van der Waals surface area contributed by atoms with Crippen molar-refractivity contribution in [3.8, 4) is 5.75 Å². The molecule has 2 aliphatic carbocycles. The number of amides is 1. The van der Waals surface area contributed by atoms with Gasteiger partial charge in [0.2, 0.25) is 0 Å². The van der Waals surface area contributed by atoms with E-state index in [4.69, 9.17) is 5.73 Å². The summed E-state index contributed by atoms with van der Waals surface area (Å²) in [5.41, 5.74) is 7.26. The number of aliphatic hydroxyl groups is 2. The fourth-order valence-electron chi connectivity index (χ4n) is 9.95. The van der Waals surface area contributed by atoms with Crippen LogP contribution in [0.2, 0.25) is 0 Å². The number of phenolic OH excluding ortho intramolecular Hbond substituents is 1. The highest BCUT2D eigenvalue weighted by atomic mass is 32.2. The first-order valence-electron chi connectivity index (χ1n) is 22.1. The number of nitrogens with two attached hydrogens (primary N) is 1. The van der Waals surface area contributed by atoms with Crippen LogP contribution in [0.15, 0.2) is 88.7 Å². The largest absolute Gasteiger partial charge is 0.508 e. The van der Waals surface area contributed by atoms with Crippen LogP contribution in [-0.2, 0) is 0 Å². The molecule has 2 aliphatic heterocycles. The van der Waals surface area contributed by atoms with Gasteiger partial charge in [0.25, 0.3) is 5.91 Å². The number of carbonyl (C=O) groups is 1. The van der Waals surface area contributed by atoms with E-state index >= 15 is 0 Å². The van der Waals surface area contributed by atoms with Gasteiger partial charge >= 0.3 is 0 Å². The van der Waals surface area contributed by atoms with E-state index in [1.165, 1.54) is 69.1 Å². The molecule has 0 bridgehead atoms. The van der Waals surface area contributed by atoms with Gasteiger partial charge < -0.3 is 26.4 Å². The fraction of sp³-hybridized carbons (Fsp3) is 0.604. The maximum Gasteiger partial charge on any atom is 0.252 e. The summed E-state index contributed by atoms with van der Waals surface area (Å²) in [6, 6.07) is 25.8. The molecule has 1 amide bonds. The Morgan fingerprint density at radius 3 is 1.72 bits per heavy atom. The second-order valence-electron chi connectivity index (χ2n) is 17.8. The second kappa shape index (κ2) is 22.3. The lowest BCUT2D eigenvalue weighted by Gasteiger charge is -2.46. The van der Waals surface area contributed by atoms with Crippen molar-refractivity contribution in [1.29, 1.82) is 0 Å². The number of piperidine rings is 2. The summed E-state index contributed by atoms with van der Waals surface area (Å²) >= 11 is 3.37. The summed E-state index contributed by atoms with van der Waals surface area (Å²) in [6.07, 6.45) is 12.3. The first kappa shape index (κ1) is 45.0. The summed E-state index contributed by atoms with van der Waals surface area (Å²) in [4.78, 5) is 20.4. The molecule has 8 nitrogen and oxygen atoms in total. The third kappa shape index (κ3) is 12.7. The minimum Gasteiger partial charge on any atom is -0.508 e. The molecule has 10 atom stereocenters. The molecule has 3 aromatic rings. The van der Waals surface area contributed by atoms with Gasteiger partial charge in [-0.05, 0) is 107 Å². The molecule has 0 radical (unpaired) electrons. The van der Waals surface area contributed by atoms with Crippen LogP contribution < -0.4 is 11.1 Å². The molecule has 4 fully saturated rings. The van der Waals surface area contributed by atoms with Gasteiger partial charge in [-0.1, -0.05) is 81.0 Å². The van der Waals surface area contributed by atoms with Crippen LogP contribution in [0.25, 0.3) is 0 Å². The summed E-state index contributed by atoms with van der Waals surface area (Å²) in [6.45, 7) is 9.82. The van der Waals surface area contributed by atoms with E-state index in [-0.39, 0.29) is 17.7 Å². The predicted octanol–water partition coefficient (Wildman–Crippen LogP) is 8.22. The zero-order valence-corrected chi connectivity index (χ0v) is 36.8. The van der Waals surface area contributed by atoms with Crippen LogP contribution in [0, 0.1) is 30.6 Å². The van der Waals surface area contributed by atoms with Gasteiger partial charge in [-0.15, -0.1) is 23.5 Å². The number of aromatic hydroxyl groups is 1. The number of likely N-dealkylation sites (tertiary alicyclic amines) is 2. The average Bonchev–Trinajstić information content (AvgIpc) is 3.23. The van der Waals surface area contributed by atoms with Crippen molar-refractivity contribution in [3.05, 3.63) is 90.0 Å². The molecule has 0 aromatic heterocycles. The number of carbonyl (C=O) groups excluding carboxylic acids is 1. The van der Waals surface area contributed by atoms with Gasteiger partial charge in [-0.3, -0.25) is 14.6 Å². The zero-order valence-electron chi connectivity index (χ0n) is 35.1. The van der Waals surface area contributed by atoms with Crippen molar-refractivity contribution in [2.75, 3.05) is 37.7 Å². The Morgan fingerprint density at radius 1 is 0.707 bits per heavy atom. The number of fused-ring (bicyclic) bond motifs is 2.